The summed E-state index contributed by atoms with van der Waals surface area (Å²) < 4.78 is 4.68. The summed E-state index contributed by atoms with van der Waals surface area (Å²) in [5.74, 6) is -1.27. The first-order chi connectivity index (χ1) is 9.47. The van der Waals surface area contributed by atoms with Gasteiger partial charge in [0.2, 0.25) is 0 Å². The van der Waals surface area contributed by atoms with Crippen molar-refractivity contribution in [3.8, 4) is 5.75 Å². The number of carbonyl (C=O) groups is 3. The van der Waals surface area contributed by atoms with Gasteiger partial charge in [0, 0.05) is 25.0 Å². The van der Waals surface area contributed by atoms with Crippen LogP contribution in [0, 0.1) is 10.1 Å². The molecule has 1 saturated heterocycles. The Labute approximate surface area is 111 Å². The number of nitro benzene ring substituents is 1. The molecule has 0 atom stereocenters. The average molecular weight is 280 g/mol. The smallest absolute Gasteiger partial charge is 0.393 e. The van der Waals surface area contributed by atoms with E-state index < -0.39 is 22.9 Å². The molecule has 9 nitrogen and oxygen atoms in total. The highest BCUT2D eigenvalue weighted by atomic mass is 16.8. The molecule has 0 unspecified atom stereocenters. The van der Waals surface area contributed by atoms with Crippen LogP contribution in [0.2, 0.25) is 0 Å². The lowest BCUT2D eigenvalue weighted by molar-refractivity contribution is -0.384. The maximum Gasteiger partial charge on any atom is 0.539 e. The van der Waals surface area contributed by atoms with Crippen molar-refractivity contribution in [2.24, 2.45) is 0 Å². The normalized spacial score (nSPS) is 14.3. The Balaban J connectivity index is 1.96. The third-order valence-electron chi connectivity index (χ3n) is 2.42. The molecule has 2 rings (SSSR count). The summed E-state index contributed by atoms with van der Waals surface area (Å²) in [4.78, 5) is 48.0. The maximum atomic E-state index is 11.4. The van der Waals surface area contributed by atoms with E-state index in [-0.39, 0.29) is 24.3 Å². The summed E-state index contributed by atoms with van der Waals surface area (Å²) in [6.07, 6.45) is -1.32. The predicted octanol–water partition coefficient (Wildman–Crippen LogP) is 1.17. The van der Waals surface area contributed by atoms with Gasteiger partial charge < -0.3 is 4.74 Å². The topological polar surface area (TPSA) is 116 Å². The predicted molar refractivity (Wildman–Crippen MR) is 61.3 cm³/mol. The van der Waals surface area contributed by atoms with E-state index in [1.54, 1.807) is 0 Å². The molecule has 104 valence electrons. The molecule has 1 aliphatic heterocycles. The second kappa shape index (κ2) is 5.34. The second-order valence-corrected chi connectivity index (χ2v) is 3.78. The minimum atomic E-state index is -1.28. The third-order valence-corrected chi connectivity index (χ3v) is 2.42. The van der Waals surface area contributed by atoms with Crippen molar-refractivity contribution in [2.75, 3.05) is 0 Å². The van der Waals surface area contributed by atoms with Crippen molar-refractivity contribution in [1.82, 2.24) is 5.06 Å². The molecule has 9 heteroatoms. The molecule has 1 aromatic rings. The molecule has 20 heavy (non-hydrogen) atoms. The number of hydroxylamine groups is 2. The van der Waals surface area contributed by atoms with E-state index in [2.05, 4.69) is 9.57 Å². The number of benzene rings is 1. The minimum Gasteiger partial charge on any atom is -0.393 e. The van der Waals surface area contributed by atoms with Crippen LogP contribution < -0.4 is 4.74 Å². The highest BCUT2D eigenvalue weighted by molar-refractivity contribution is 6.01. The molecule has 1 fully saturated rings. The van der Waals surface area contributed by atoms with E-state index in [9.17, 15) is 24.5 Å². The Kier molecular flexibility index (Phi) is 3.60. The van der Waals surface area contributed by atoms with Crippen molar-refractivity contribution in [2.45, 2.75) is 12.8 Å². The van der Waals surface area contributed by atoms with E-state index in [0.717, 1.165) is 12.1 Å². The SMILES string of the molecule is O=C(Oc1ccc([N+](=O)[O-])cc1)ON1C(=O)CCC1=O. The fourth-order valence-electron chi connectivity index (χ4n) is 1.48. The lowest BCUT2D eigenvalue weighted by atomic mass is 10.3. The fraction of sp³-hybridized carbons (Fsp3) is 0.182. The molecule has 0 bridgehead atoms. The first kappa shape index (κ1) is 13.5. The molecule has 0 aliphatic carbocycles. The van der Waals surface area contributed by atoms with Gasteiger partial charge in [0.15, 0.2) is 0 Å². The number of hydrogen-bond donors (Lipinski definition) is 0. The van der Waals surface area contributed by atoms with Gasteiger partial charge in [0.05, 0.1) is 4.92 Å². The summed E-state index contributed by atoms with van der Waals surface area (Å²) in [5, 5.41) is 10.8. The quantitative estimate of drug-likeness (QED) is 0.268. The lowest BCUT2D eigenvalue weighted by Gasteiger charge is -2.11. The largest absolute Gasteiger partial charge is 0.539 e. The van der Waals surface area contributed by atoms with Crippen LogP contribution in [0.5, 0.6) is 5.75 Å². The maximum absolute atomic E-state index is 11.4. The van der Waals surface area contributed by atoms with Crippen molar-refractivity contribution in [3.05, 3.63) is 34.4 Å². The number of hydrogen-bond acceptors (Lipinski definition) is 7. The van der Waals surface area contributed by atoms with Gasteiger partial charge in [-0.3, -0.25) is 24.5 Å². The molecule has 1 heterocycles. The van der Waals surface area contributed by atoms with Gasteiger partial charge >= 0.3 is 6.16 Å². The van der Waals surface area contributed by atoms with Crippen LogP contribution in [0.25, 0.3) is 0 Å². The highest BCUT2D eigenvalue weighted by Gasteiger charge is 2.33. The molecule has 1 aromatic carbocycles. The number of nitrogens with zero attached hydrogens (tertiary/aromatic N) is 2. The summed E-state index contributed by atoms with van der Waals surface area (Å²) in [5.41, 5.74) is -0.171. The van der Waals surface area contributed by atoms with Crippen LogP contribution in [-0.4, -0.2) is 28.0 Å². The molecule has 0 spiro atoms. The van der Waals surface area contributed by atoms with Crippen LogP contribution in [0.1, 0.15) is 12.8 Å². The van der Waals surface area contributed by atoms with Gasteiger partial charge in [-0.2, -0.15) is 0 Å². The number of non-ortho nitro benzene ring substituents is 1. The van der Waals surface area contributed by atoms with E-state index in [1.165, 1.54) is 12.1 Å². The number of nitro groups is 1. The van der Waals surface area contributed by atoms with Crippen LogP contribution in [-0.2, 0) is 14.4 Å². The molecular weight excluding hydrogens is 272 g/mol. The van der Waals surface area contributed by atoms with Gasteiger partial charge in [0.1, 0.15) is 5.75 Å². The van der Waals surface area contributed by atoms with E-state index >= 15 is 0 Å². The van der Waals surface area contributed by atoms with E-state index in [0.29, 0.717) is 5.06 Å². The van der Waals surface area contributed by atoms with Gasteiger partial charge in [-0.1, -0.05) is 5.06 Å². The first-order valence-corrected chi connectivity index (χ1v) is 5.47. The van der Waals surface area contributed by atoms with Gasteiger partial charge in [-0.05, 0) is 12.1 Å². The van der Waals surface area contributed by atoms with E-state index in [1.807, 2.05) is 0 Å². The monoisotopic (exact) mass is 280 g/mol. The first-order valence-electron chi connectivity index (χ1n) is 5.47. The molecule has 1 aliphatic rings. The number of carbonyl (C=O) groups excluding carboxylic acids is 3. The molecule has 0 radical (unpaired) electrons. The molecule has 0 saturated carbocycles. The summed E-state index contributed by atoms with van der Waals surface area (Å²) in [6.45, 7) is 0. The van der Waals surface area contributed by atoms with Crippen molar-refractivity contribution >= 4 is 23.7 Å². The third kappa shape index (κ3) is 2.88. The van der Waals surface area contributed by atoms with Crippen molar-refractivity contribution in [1.29, 1.82) is 0 Å². The number of amides is 2. The summed E-state index contributed by atoms with van der Waals surface area (Å²) in [6, 6.07) is 4.64. The van der Waals surface area contributed by atoms with Crippen LogP contribution in [0.15, 0.2) is 24.3 Å². The van der Waals surface area contributed by atoms with Crippen molar-refractivity contribution in [3.63, 3.8) is 0 Å². The number of rotatable bonds is 3. The molecule has 0 N–H and O–H groups in total. The minimum absolute atomic E-state index is 0.0142. The zero-order valence-electron chi connectivity index (χ0n) is 9.98. The fourth-order valence-corrected chi connectivity index (χ4v) is 1.48. The molecule has 2 amide bonds. The Morgan fingerprint density at radius 3 is 2.20 bits per heavy atom. The number of imide groups is 1. The molecule has 0 aromatic heterocycles. The summed E-state index contributed by atoms with van der Waals surface area (Å²) in [7, 11) is 0. The van der Waals surface area contributed by atoms with Gasteiger partial charge in [-0.15, -0.1) is 0 Å². The number of ether oxygens (including phenoxy) is 1. The Morgan fingerprint density at radius 2 is 1.70 bits per heavy atom. The van der Waals surface area contributed by atoms with Crippen LogP contribution in [0.3, 0.4) is 0 Å². The van der Waals surface area contributed by atoms with Gasteiger partial charge in [-0.25, -0.2) is 4.79 Å². The summed E-state index contributed by atoms with van der Waals surface area (Å²) >= 11 is 0. The lowest BCUT2D eigenvalue weighted by Crippen LogP contribution is -2.33. The zero-order chi connectivity index (χ0) is 14.7. The van der Waals surface area contributed by atoms with Crippen molar-refractivity contribution < 1.29 is 28.9 Å². The van der Waals surface area contributed by atoms with E-state index in [4.69, 9.17) is 0 Å². The second-order valence-electron chi connectivity index (χ2n) is 3.78. The Hall–Kier alpha value is -2.97. The Bertz CT molecular complexity index is 565. The highest BCUT2D eigenvalue weighted by Crippen LogP contribution is 2.18. The zero-order valence-corrected chi connectivity index (χ0v) is 9.98. The van der Waals surface area contributed by atoms with Gasteiger partial charge in [0.25, 0.3) is 17.5 Å². The average Bonchev–Trinajstić information content (AvgIpc) is 2.71. The standard InChI is InChI=1S/C11H8N2O7/c14-9-5-6-10(15)12(9)20-11(16)19-8-3-1-7(2-4-8)13(17)18/h1-4H,5-6H2. The van der Waals surface area contributed by atoms with Crippen LogP contribution in [0.4, 0.5) is 10.5 Å². The molecular formula is C11H8N2O7. The van der Waals surface area contributed by atoms with Crippen LogP contribution >= 0.6 is 0 Å². The Morgan fingerprint density at radius 1 is 1.15 bits per heavy atom.